The fourth-order valence-corrected chi connectivity index (χ4v) is 1.54. The van der Waals surface area contributed by atoms with E-state index in [1.54, 1.807) is 7.11 Å². The molecule has 0 heterocycles. The van der Waals surface area contributed by atoms with E-state index in [9.17, 15) is 0 Å². The van der Waals surface area contributed by atoms with Crippen LogP contribution in [0, 0.1) is 0 Å². The van der Waals surface area contributed by atoms with E-state index in [1.807, 2.05) is 25.1 Å². The first-order chi connectivity index (χ1) is 7.67. The Morgan fingerprint density at radius 3 is 2.69 bits per heavy atom. The summed E-state index contributed by atoms with van der Waals surface area (Å²) in [7, 11) is 1.66. The summed E-state index contributed by atoms with van der Waals surface area (Å²) >= 11 is 0. The van der Waals surface area contributed by atoms with Crippen molar-refractivity contribution in [3.05, 3.63) is 23.8 Å². The van der Waals surface area contributed by atoms with Crippen molar-refractivity contribution >= 4 is 0 Å². The summed E-state index contributed by atoms with van der Waals surface area (Å²) in [5.74, 6) is 1.76. The van der Waals surface area contributed by atoms with E-state index >= 15 is 0 Å². The fraction of sp³-hybridized carbons (Fsp3) is 0.538. The van der Waals surface area contributed by atoms with Gasteiger partial charge in [-0.15, -0.1) is 0 Å². The van der Waals surface area contributed by atoms with E-state index in [1.165, 1.54) is 0 Å². The number of benzene rings is 1. The molecule has 3 heteroatoms. The zero-order valence-electron chi connectivity index (χ0n) is 10.3. The Balaban J connectivity index is 2.87. The molecule has 0 fully saturated rings. The number of rotatable bonds is 6. The monoisotopic (exact) mass is 223 g/mol. The van der Waals surface area contributed by atoms with Gasteiger partial charge in [0.25, 0.3) is 0 Å². The maximum absolute atomic E-state index is 5.82. The molecule has 1 atom stereocenters. The molecule has 0 aromatic heterocycles. The van der Waals surface area contributed by atoms with Crippen LogP contribution >= 0.6 is 0 Å². The first-order valence-electron chi connectivity index (χ1n) is 5.72. The minimum Gasteiger partial charge on any atom is -0.497 e. The molecule has 0 aliphatic rings. The Hall–Kier alpha value is -1.22. The SMILES string of the molecule is CCCOc1ccc(OC)cc1CC(C)N. The summed E-state index contributed by atoms with van der Waals surface area (Å²) in [5.41, 5.74) is 6.93. The normalized spacial score (nSPS) is 12.2. The molecule has 0 saturated carbocycles. The van der Waals surface area contributed by atoms with E-state index in [0.29, 0.717) is 0 Å². The van der Waals surface area contributed by atoms with Crippen LogP contribution in [0.25, 0.3) is 0 Å². The second kappa shape index (κ2) is 6.38. The second-order valence-electron chi connectivity index (χ2n) is 4.00. The summed E-state index contributed by atoms with van der Waals surface area (Å²) in [6, 6.07) is 5.98. The zero-order valence-corrected chi connectivity index (χ0v) is 10.3. The average molecular weight is 223 g/mol. The number of hydrogen-bond donors (Lipinski definition) is 1. The predicted molar refractivity (Wildman–Crippen MR) is 66.1 cm³/mol. The van der Waals surface area contributed by atoms with Crippen LogP contribution in [0.1, 0.15) is 25.8 Å². The third kappa shape index (κ3) is 3.74. The van der Waals surface area contributed by atoms with Crippen molar-refractivity contribution in [1.82, 2.24) is 0 Å². The third-order valence-corrected chi connectivity index (χ3v) is 2.27. The van der Waals surface area contributed by atoms with Gasteiger partial charge in [-0.05, 0) is 43.5 Å². The van der Waals surface area contributed by atoms with Crippen LogP contribution in [-0.2, 0) is 6.42 Å². The molecule has 90 valence electrons. The molecule has 0 aliphatic carbocycles. The number of nitrogens with two attached hydrogens (primary N) is 1. The van der Waals surface area contributed by atoms with Crippen LogP contribution in [0.15, 0.2) is 18.2 Å². The Kier molecular flexibility index (Phi) is 5.12. The smallest absolute Gasteiger partial charge is 0.122 e. The highest BCUT2D eigenvalue weighted by Gasteiger charge is 2.07. The lowest BCUT2D eigenvalue weighted by molar-refractivity contribution is 0.312. The summed E-state index contributed by atoms with van der Waals surface area (Å²) in [4.78, 5) is 0. The van der Waals surface area contributed by atoms with Crippen molar-refractivity contribution in [3.8, 4) is 11.5 Å². The highest BCUT2D eigenvalue weighted by atomic mass is 16.5. The molecule has 3 nitrogen and oxygen atoms in total. The van der Waals surface area contributed by atoms with Gasteiger partial charge in [-0.2, -0.15) is 0 Å². The van der Waals surface area contributed by atoms with Gasteiger partial charge in [0, 0.05) is 6.04 Å². The van der Waals surface area contributed by atoms with Crippen LogP contribution in [0.5, 0.6) is 11.5 Å². The fourth-order valence-electron chi connectivity index (χ4n) is 1.54. The molecule has 0 amide bonds. The highest BCUT2D eigenvalue weighted by molar-refractivity contribution is 5.40. The summed E-state index contributed by atoms with van der Waals surface area (Å²) in [6.45, 7) is 4.82. The van der Waals surface area contributed by atoms with Gasteiger partial charge >= 0.3 is 0 Å². The van der Waals surface area contributed by atoms with Crippen molar-refractivity contribution in [1.29, 1.82) is 0 Å². The molecule has 0 saturated heterocycles. The van der Waals surface area contributed by atoms with Crippen LogP contribution in [0.3, 0.4) is 0 Å². The minimum atomic E-state index is 0.121. The summed E-state index contributed by atoms with van der Waals surface area (Å²) in [6.07, 6.45) is 1.81. The molecule has 16 heavy (non-hydrogen) atoms. The molecule has 1 unspecified atom stereocenters. The van der Waals surface area contributed by atoms with E-state index in [2.05, 4.69) is 6.92 Å². The van der Waals surface area contributed by atoms with Gasteiger partial charge < -0.3 is 15.2 Å². The molecule has 1 rings (SSSR count). The Bertz CT molecular complexity index is 324. The maximum Gasteiger partial charge on any atom is 0.122 e. The van der Waals surface area contributed by atoms with Gasteiger partial charge in [0.2, 0.25) is 0 Å². The molecule has 2 N–H and O–H groups in total. The molecule has 0 radical (unpaired) electrons. The first-order valence-corrected chi connectivity index (χ1v) is 5.72. The van der Waals surface area contributed by atoms with E-state index < -0.39 is 0 Å². The van der Waals surface area contributed by atoms with Gasteiger partial charge in [-0.1, -0.05) is 6.92 Å². The largest absolute Gasteiger partial charge is 0.497 e. The van der Waals surface area contributed by atoms with Gasteiger partial charge in [0.15, 0.2) is 0 Å². The topological polar surface area (TPSA) is 44.5 Å². The van der Waals surface area contributed by atoms with Crippen LogP contribution in [0.2, 0.25) is 0 Å². The van der Waals surface area contributed by atoms with Gasteiger partial charge in [0.1, 0.15) is 11.5 Å². The van der Waals surface area contributed by atoms with Crippen molar-refractivity contribution < 1.29 is 9.47 Å². The van der Waals surface area contributed by atoms with Crippen molar-refractivity contribution in [3.63, 3.8) is 0 Å². The van der Waals surface area contributed by atoms with Crippen molar-refractivity contribution in [2.75, 3.05) is 13.7 Å². The van der Waals surface area contributed by atoms with Crippen LogP contribution in [0.4, 0.5) is 0 Å². The standard InChI is InChI=1S/C13H21NO2/c1-4-7-16-13-6-5-12(15-3)9-11(13)8-10(2)14/h5-6,9-10H,4,7-8,14H2,1-3H3. The van der Waals surface area contributed by atoms with Gasteiger partial charge in [0.05, 0.1) is 13.7 Å². The van der Waals surface area contributed by atoms with E-state index in [0.717, 1.165) is 36.5 Å². The predicted octanol–water partition coefficient (Wildman–Crippen LogP) is 2.37. The summed E-state index contributed by atoms with van der Waals surface area (Å²) in [5, 5.41) is 0. The molecule has 0 spiro atoms. The molecule has 1 aromatic carbocycles. The van der Waals surface area contributed by atoms with Crippen LogP contribution < -0.4 is 15.2 Å². The van der Waals surface area contributed by atoms with Crippen molar-refractivity contribution in [2.24, 2.45) is 5.73 Å². The van der Waals surface area contributed by atoms with Crippen LogP contribution in [-0.4, -0.2) is 19.8 Å². The average Bonchev–Trinajstić information content (AvgIpc) is 2.26. The first kappa shape index (κ1) is 12.8. The lowest BCUT2D eigenvalue weighted by Crippen LogP contribution is -2.18. The molecule has 0 aliphatic heterocycles. The second-order valence-corrected chi connectivity index (χ2v) is 4.00. The van der Waals surface area contributed by atoms with Gasteiger partial charge in [-0.25, -0.2) is 0 Å². The third-order valence-electron chi connectivity index (χ3n) is 2.27. The minimum absolute atomic E-state index is 0.121. The van der Waals surface area contributed by atoms with Crippen molar-refractivity contribution in [2.45, 2.75) is 32.7 Å². The number of hydrogen-bond acceptors (Lipinski definition) is 3. The lowest BCUT2D eigenvalue weighted by Gasteiger charge is -2.14. The Morgan fingerprint density at radius 2 is 2.12 bits per heavy atom. The van der Waals surface area contributed by atoms with Gasteiger partial charge in [-0.3, -0.25) is 0 Å². The maximum atomic E-state index is 5.82. The van der Waals surface area contributed by atoms with E-state index in [4.69, 9.17) is 15.2 Å². The Labute approximate surface area is 97.6 Å². The Morgan fingerprint density at radius 1 is 1.38 bits per heavy atom. The number of methoxy groups -OCH3 is 1. The zero-order chi connectivity index (χ0) is 12.0. The molecule has 1 aromatic rings. The van der Waals surface area contributed by atoms with E-state index in [-0.39, 0.29) is 6.04 Å². The molecular weight excluding hydrogens is 202 g/mol. The molecule has 0 bridgehead atoms. The lowest BCUT2D eigenvalue weighted by atomic mass is 10.1. The summed E-state index contributed by atoms with van der Waals surface area (Å²) < 4.78 is 10.9. The highest BCUT2D eigenvalue weighted by Crippen LogP contribution is 2.25. The number of ether oxygens (including phenoxy) is 2. The molecular formula is C13H21NO2. The quantitative estimate of drug-likeness (QED) is 0.805.